The van der Waals surface area contributed by atoms with E-state index in [9.17, 15) is 0 Å². The molecule has 0 unspecified atom stereocenters. The maximum absolute atomic E-state index is 2.69. The molecular formula is C12H28P2. The van der Waals surface area contributed by atoms with Crippen LogP contribution in [-0.4, -0.2) is 31.3 Å². The van der Waals surface area contributed by atoms with Crippen LogP contribution >= 0.6 is 15.2 Å². The van der Waals surface area contributed by atoms with Crippen molar-refractivity contribution < 1.29 is 0 Å². The van der Waals surface area contributed by atoms with Crippen molar-refractivity contribution in [2.75, 3.05) is 31.3 Å². The first-order valence-corrected chi connectivity index (χ1v) is 10.7. The molecular weight excluding hydrogens is 206 g/mol. The van der Waals surface area contributed by atoms with Gasteiger partial charge < -0.3 is 0 Å². The van der Waals surface area contributed by atoms with Crippen molar-refractivity contribution in [1.29, 1.82) is 0 Å². The van der Waals surface area contributed by atoms with Gasteiger partial charge in [-0.1, -0.05) is 0 Å². The Bertz CT molecular complexity index is 177. The molecule has 0 aromatic carbocycles. The molecule has 14 heavy (non-hydrogen) atoms. The molecule has 0 aliphatic rings. The molecule has 0 radical (unpaired) electrons. The van der Waals surface area contributed by atoms with Crippen molar-refractivity contribution in [1.82, 2.24) is 0 Å². The first kappa shape index (κ1) is 14.6. The first-order valence-electron chi connectivity index (χ1n) is 5.97. The van der Waals surface area contributed by atoms with Crippen LogP contribution in [0.4, 0.5) is 0 Å². The summed E-state index contributed by atoms with van der Waals surface area (Å²) in [6, 6.07) is 0. The van der Waals surface area contributed by atoms with Crippen LogP contribution < -0.4 is 0 Å². The molecule has 0 aliphatic carbocycles. The van der Waals surface area contributed by atoms with Crippen molar-refractivity contribution in [3.8, 4) is 0 Å². The van der Waals surface area contributed by atoms with Crippen molar-refractivity contribution >= 4 is 15.2 Å². The molecule has 2 heteroatoms. The van der Waals surface area contributed by atoms with Gasteiger partial charge >= 0.3 is 92.2 Å². The number of hydrogen-bond acceptors (Lipinski definition) is 0. The standard InChI is InChI=1S/C12H28P2/c1-7-13(8-2)12(5)11-14(6,9-3)10-4/h11,14H,7-10H2,1-6H3/b12-11+. The second-order valence-electron chi connectivity index (χ2n) is 4.32. The summed E-state index contributed by atoms with van der Waals surface area (Å²) in [6.07, 6.45) is 5.53. The summed E-state index contributed by atoms with van der Waals surface area (Å²) in [4.78, 5) is 0. The van der Waals surface area contributed by atoms with Crippen LogP contribution in [0.2, 0.25) is 0 Å². The quantitative estimate of drug-likeness (QED) is 0.580. The van der Waals surface area contributed by atoms with Crippen LogP contribution in [0.5, 0.6) is 0 Å². The number of allylic oxidation sites excluding steroid dienone is 1. The minimum atomic E-state index is -1.00. The van der Waals surface area contributed by atoms with Gasteiger partial charge in [0.05, 0.1) is 0 Å². The Labute approximate surface area is 92.6 Å². The van der Waals surface area contributed by atoms with Gasteiger partial charge in [-0.15, -0.1) is 0 Å². The summed E-state index contributed by atoms with van der Waals surface area (Å²) in [5.41, 5.74) is 0. The normalized spacial score (nSPS) is 14.9. The fraction of sp³-hybridized carbons (Fsp3) is 0.833. The van der Waals surface area contributed by atoms with Gasteiger partial charge in [-0.2, -0.15) is 0 Å². The number of rotatable bonds is 6. The maximum atomic E-state index is 2.69. The summed E-state index contributed by atoms with van der Waals surface area (Å²) < 4.78 is 0. The molecule has 0 saturated heterocycles. The Morgan fingerprint density at radius 1 is 1.07 bits per heavy atom. The van der Waals surface area contributed by atoms with Crippen LogP contribution in [0.1, 0.15) is 34.6 Å². The summed E-state index contributed by atoms with van der Waals surface area (Å²) in [5, 5.41) is 1.72. The Morgan fingerprint density at radius 2 is 1.50 bits per heavy atom. The Hall–Kier alpha value is 0.600. The van der Waals surface area contributed by atoms with Gasteiger partial charge in [-0.25, -0.2) is 0 Å². The van der Waals surface area contributed by atoms with Crippen molar-refractivity contribution in [3.05, 3.63) is 11.1 Å². The molecule has 0 aromatic rings. The molecule has 0 aliphatic heterocycles. The average Bonchev–Trinajstić information content (AvgIpc) is 2.19. The summed E-state index contributed by atoms with van der Waals surface area (Å²) in [5.74, 6) is 2.69. The van der Waals surface area contributed by atoms with Gasteiger partial charge in [0.25, 0.3) is 0 Å². The van der Waals surface area contributed by atoms with Crippen molar-refractivity contribution in [3.63, 3.8) is 0 Å². The third kappa shape index (κ3) is 4.41. The van der Waals surface area contributed by atoms with Gasteiger partial charge in [0.15, 0.2) is 0 Å². The van der Waals surface area contributed by atoms with Crippen LogP contribution in [-0.2, 0) is 0 Å². The van der Waals surface area contributed by atoms with E-state index < -0.39 is 7.26 Å². The third-order valence-electron chi connectivity index (χ3n) is 3.43. The second-order valence-corrected chi connectivity index (χ2v) is 12.4. The van der Waals surface area contributed by atoms with E-state index in [1.807, 2.05) is 0 Å². The van der Waals surface area contributed by atoms with Crippen LogP contribution in [0.15, 0.2) is 11.1 Å². The van der Waals surface area contributed by atoms with Crippen molar-refractivity contribution in [2.45, 2.75) is 34.6 Å². The molecule has 0 spiro atoms. The predicted octanol–water partition coefficient (Wildman–Crippen LogP) is 4.79. The second kappa shape index (κ2) is 6.97. The zero-order chi connectivity index (χ0) is 11.2. The van der Waals surface area contributed by atoms with Gasteiger partial charge in [-0.05, 0) is 0 Å². The van der Waals surface area contributed by atoms with E-state index in [1.54, 1.807) is 5.31 Å². The van der Waals surface area contributed by atoms with E-state index in [-0.39, 0.29) is 7.92 Å². The van der Waals surface area contributed by atoms with E-state index in [0.29, 0.717) is 0 Å². The zero-order valence-corrected chi connectivity index (χ0v) is 12.7. The first-order chi connectivity index (χ1) is 6.52. The fourth-order valence-corrected chi connectivity index (χ4v) is 6.80. The summed E-state index contributed by atoms with van der Waals surface area (Å²) in [6.45, 7) is 14.3. The SMILES string of the molecule is CCP(CC)/C(C)=C/[PH](C)(CC)CC. The molecule has 0 heterocycles. The van der Waals surface area contributed by atoms with Gasteiger partial charge in [0.1, 0.15) is 0 Å². The van der Waals surface area contributed by atoms with Crippen LogP contribution in [0, 0.1) is 0 Å². The molecule has 0 rings (SSSR count). The molecule has 0 atom stereocenters. The van der Waals surface area contributed by atoms with Gasteiger partial charge in [-0.3, -0.25) is 0 Å². The molecule has 0 nitrogen and oxygen atoms in total. The zero-order valence-electron chi connectivity index (χ0n) is 10.9. The molecule has 0 amide bonds. The van der Waals surface area contributed by atoms with Crippen LogP contribution in [0.3, 0.4) is 0 Å². The van der Waals surface area contributed by atoms with E-state index in [4.69, 9.17) is 0 Å². The molecule has 0 aromatic heterocycles. The molecule has 86 valence electrons. The Morgan fingerprint density at radius 3 is 1.79 bits per heavy atom. The Kier molecular flexibility index (Phi) is 7.27. The predicted molar refractivity (Wildman–Crippen MR) is 77.1 cm³/mol. The monoisotopic (exact) mass is 234 g/mol. The minimum absolute atomic E-state index is 0.203. The molecule has 0 fully saturated rings. The van der Waals surface area contributed by atoms with E-state index in [1.165, 1.54) is 24.6 Å². The third-order valence-corrected chi connectivity index (χ3v) is 10.7. The van der Waals surface area contributed by atoms with E-state index in [2.05, 4.69) is 47.1 Å². The topological polar surface area (TPSA) is 0 Å². The van der Waals surface area contributed by atoms with Crippen molar-refractivity contribution in [2.24, 2.45) is 0 Å². The number of hydrogen-bond donors (Lipinski definition) is 0. The molecule has 0 saturated carbocycles. The molecule has 0 N–H and O–H groups in total. The summed E-state index contributed by atoms with van der Waals surface area (Å²) in [7, 11) is -0.799. The van der Waals surface area contributed by atoms with Crippen LogP contribution in [0.25, 0.3) is 0 Å². The Balaban J connectivity index is 4.61. The summed E-state index contributed by atoms with van der Waals surface area (Å²) >= 11 is 0. The van der Waals surface area contributed by atoms with Gasteiger partial charge in [0, 0.05) is 0 Å². The average molecular weight is 234 g/mol. The van der Waals surface area contributed by atoms with Gasteiger partial charge in [0.2, 0.25) is 0 Å². The van der Waals surface area contributed by atoms with E-state index >= 15 is 0 Å². The fourth-order valence-electron chi connectivity index (χ4n) is 1.77. The molecule has 0 bridgehead atoms. The van der Waals surface area contributed by atoms with E-state index in [0.717, 1.165) is 0 Å².